The largest absolute Gasteiger partial charge is 0.388 e. The molecule has 1 aliphatic rings. The third kappa shape index (κ3) is 5.36. The number of carbonyl (C=O) groups is 1. The van der Waals surface area contributed by atoms with Gasteiger partial charge in [0.1, 0.15) is 0 Å². The lowest BCUT2D eigenvalue weighted by Crippen LogP contribution is -2.48. The lowest BCUT2D eigenvalue weighted by atomic mass is 9.71. The van der Waals surface area contributed by atoms with Crippen LogP contribution in [0.15, 0.2) is 0 Å². The molecule has 1 saturated carbocycles. The molecule has 106 valence electrons. The van der Waals surface area contributed by atoms with E-state index in [4.69, 9.17) is 5.73 Å². The molecule has 1 rings (SSSR count). The van der Waals surface area contributed by atoms with Crippen molar-refractivity contribution in [2.45, 2.75) is 70.9 Å². The van der Waals surface area contributed by atoms with Crippen molar-refractivity contribution in [2.75, 3.05) is 6.54 Å². The monoisotopic (exact) mass is 256 g/mol. The van der Waals surface area contributed by atoms with Gasteiger partial charge < -0.3 is 16.2 Å². The average molecular weight is 256 g/mol. The SMILES string of the molecule is CC(C)(N)CC(=O)NCC1(O)CCC(C)(C)CC1. The summed E-state index contributed by atoms with van der Waals surface area (Å²) >= 11 is 0. The van der Waals surface area contributed by atoms with Crippen molar-refractivity contribution in [3.05, 3.63) is 0 Å². The summed E-state index contributed by atoms with van der Waals surface area (Å²) in [7, 11) is 0. The van der Waals surface area contributed by atoms with Gasteiger partial charge in [0.2, 0.25) is 5.91 Å². The van der Waals surface area contributed by atoms with Crippen LogP contribution < -0.4 is 11.1 Å². The number of amides is 1. The molecule has 0 aliphatic heterocycles. The third-order valence-corrected chi connectivity index (χ3v) is 3.77. The fraction of sp³-hybridized carbons (Fsp3) is 0.929. The van der Waals surface area contributed by atoms with Crippen LogP contribution >= 0.6 is 0 Å². The number of hydrogen-bond acceptors (Lipinski definition) is 3. The van der Waals surface area contributed by atoms with E-state index < -0.39 is 11.1 Å². The molecule has 0 unspecified atom stereocenters. The van der Waals surface area contributed by atoms with Crippen molar-refractivity contribution >= 4 is 5.91 Å². The molecule has 0 aromatic heterocycles. The van der Waals surface area contributed by atoms with Crippen molar-refractivity contribution in [2.24, 2.45) is 11.1 Å². The molecule has 0 aromatic rings. The van der Waals surface area contributed by atoms with Crippen LogP contribution in [-0.2, 0) is 4.79 Å². The molecule has 4 heteroatoms. The minimum Gasteiger partial charge on any atom is -0.388 e. The molecule has 0 radical (unpaired) electrons. The second-order valence-corrected chi connectivity index (χ2v) is 7.33. The number of aliphatic hydroxyl groups is 1. The van der Waals surface area contributed by atoms with E-state index in [1.54, 1.807) is 0 Å². The first kappa shape index (κ1) is 15.4. The van der Waals surface area contributed by atoms with Crippen molar-refractivity contribution in [3.8, 4) is 0 Å². The van der Waals surface area contributed by atoms with Crippen molar-refractivity contribution in [1.82, 2.24) is 5.32 Å². The molecule has 0 bridgehead atoms. The first-order chi connectivity index (χ1) is 8.02. The van der Waals surface area contributed by atoms with Crippen LogP contribution in [0.3, 0.4) is 0 Å². The van der Waals surface area contributed by atoms with Gasteiger partial charge in [0.05, 0.1) is 5.60 Å². The van der Waals surface area contributed by atoms with Crippen molar-refractivity contribution < 1.29 is 9.90 Å². The Kier molecular flexibility index (Phi) is 4.44. The maximum Gasteiger partial charge on any atom is 0.221 e. The molecule has 1 aliphatic carbocycles. The van der Waals surface area contributed by atoms with E-state index in [1.165, 1.54) is 0 Å². The summed E-state index contributed by atoms with van der Waals surface area (Å²) in [5, 5.41) is 13.2. The molecule has 0 spiro atoms. The molecule has 0 saturated heterocycles. The highest BCUT2D eigenvalue weighted by Crippen LogP contribution is 2.39. The maximum atomic E-state index is 11.7. The zero-order valence-corrected chi connectivity index (χ0v) is 12.2. The van der Waals surface area contributed by atoms with E-state index in [2.05, 4.69) is 19.2 Å². The Hall–Kier alpha value is -0.610. The van der Waals surface area contributed by atoms with Crippen LogP contribution in [0.2, 0.25) is 0 Å². The highest BCUT2D eigenvalue weighted by molar-refractivity contribution is 5.77. The first-order valence-corrected chi connectivity index (χ1v) is 6.79. The fourth-order valence-electron chi connectivity index (χ4n) is 2.31. The summed E-state index contributed by atoms with van der Waals surface area (Å²) < 4.78 is 0. The Morgan fingerprint density at radius 2 is 1.78 bits per heavy atom. The predicted octanol–water partition coefficient (Wildman–Crippen LogP) is 1.56. The van der Waals surface area contributed by atoms with Crippen LogP contribution in [0, 0.1) is 5.41 Å². The quantitative estimate of drug-likeness (QED) is 0.714. The summed E-state index contributed by atoms with van der Waals surface area (Å²) in [5.74, 6) is -0.0826. The van der Waals surface area contributed by atoms with E-state index >= 15 is 0 Å². The normalized spacial score (nSPS) is 22.6. The summed E-state index contributed by atoms with van der Waals surface area (Å²) in [5.41, 5.74) is 4.87. The summed E-state index contributed by atoms with van der Waals surface area (Å²) in [4.78, 5) is 11.7. The minimum absolute atomic E-state index is 0.0826. The van der Waals surface area contributed by atoms with Gasteiger partial charge in [-0.25, -0.2) is 0 Å². The van der Waals surface area contributed by atoms with Crippen LogP contribution in [0.4, 0.5) is 0 Å². The highest BCUT2D eigenvalue weighted by Gasteiger charge is 2.36. The number of rotatable bonds is 4. The number of nitrogens with one attached hydrogen (secondary N) is 1. The minimum atomic E-state index is -0.732. The predicted molar refractivity (Wildman–Crippen MR) is 73.1 cm³/mol. The Bertz CT molecular complexity index is 295. The van der Waals surface area contributed by atoms with Gasteiger partial charge in [0, 0.05) is 18.5 Å². The molecular weight excluding hydrogens is 228 g/mol. The van der Waals surface area contributed by atoms with Crippen molar-refractivity contribution in [3.63, 3.8) is 0 Å². The van der Waals surface area contributed by atoms with Crippen molar-refractivity contribution in [1.29, 1.82) is 0 Å². The van der Waals surface area contributed by atoms with Crippen LogP contribution in [0.25, 0.3) is 0 Å². The Morgan fingerprint density at radius 3 is 2.22 bits per heavy atom. The topological polar surface area (TPSA) is 75.4 Å². The Labute approximate surface area is 110 Å². The van der Waals surface area contributed by atoms with Gasteiger partial charge in [-0.2, -0.15) is 0 Å². The smallest absolute Gasteiger partial charge is 0.221 e. The summed E-state index contributed by atoms with van der Waals surface area (Å²) in [6.07, 6.45) is 3.80. The van der Waals surface area contributed by atoms with Gasteiger partial charge in [-0.3, -0.25) is 4.79 Å². The number of carbonyl (C=O) groups excluding carboxylic acids is 1. The average Bonchev–Trinajstić information content (AvgIpc) is 2.18. The van der Waals surface area contributed by atoms with E-state index in [0.717, 1.165) is 25.7 Å². The maximum absolute atomic E-state index is 11.7. The van der Waals surface area contributed by atoms with Crippen LogP contribution in [0.1, 0.15) is 59.8 Å². The Balaban J connectivity index is 2.37. The molecule has 0 heterocycles. The van der Waals surface area contributed by atoms with Gasteiger partial charge >= 0.3 is 0 Å². The zero-order valence-electron chi connectivity index (χ0n) is 12.2. The summed E-state index contributed by atoms with van der Waals surface area (Å²) in [6, 6.07) is 0. The van der Waals surface area contributed by atoms with E-state index in [1.807, 2.05) is 13.8 Å². The first-order valence-electron chi connectivity index (χ1n) is 6.79. The second kappa shape index (κ2) is 5.17. The van der Waals surface area contributed by atoms with Gasteiger partial charge in [-0.15, -0.1) is 0 Å². The van der Waals surface area contributed by atoms with Crippen LogP contribution in [-0.4, -0.2) is 28.7 Å². The van der Waals surface area contributed by atoms with Crippen LogP contribution in [0.5, 0.6) is 0 Å². The molecular formula is C14H28N2O2. The molecule has 1 amide bonds. The standard InChI is InChI=1S/C14H28N2O2/c1-12(2)5-7-14(18,8-6-12)10-16-11(17)9-13(3,4)15/h18H,5-10,15H2,1-4H3,(H,16,17). The lowest BCUT2D eigenvalue weighted by Gasteiger charge is -2.40. The highest BCUT2D eigenvalue weighted by atomic mass is 16.3. The van der Waals surface area contributed by atoms with E-state index in [9.17, 15) is 9.90 Å². The van der Waals surface area contributed by atoms with Gasteiger partial charge in [0.25, 0.3) is 0 Å². The molecule has 4 nitrogen and oxygen atoms in total. The van der Waals surface area contributed by atoms with Gasteiger partial charge in [0.15, 0.2) is 0 Å². The number of hydrogen-bond donors (Lipinski definition) is 3. The fourth-order valence-corrected chi connectivity index (χ4v) is 2.31. The molecule has 18 heavy (non-hydrogen) atoms. The van der Waals surface area contributed by atoms with Gasteiger partial charge in [-0.05, 0) is 44.9 Å². The third-order valence-electron chi connectivity index (χ3n) is 3.77. The lowest BCUT2D eigenvalue weighted by molar-refractivity contribution is -0.124. The van der Waals surface area contributed by atoms with E-state index in [-0.39, 0.29) is 12.3 Å². The second-order valence-electron chi connectivity index (χ2n) is 7.33. The number of nitrogens with two attached hydrogens (primary N) is 1. The van der Waals surface area contributed by atoms with Gasteiger partial charge in [-0.1, -0.05) is 13.8 Å². The summed E-state index contributed by atoms with van der Waals surface area (Å²) in [6.45, 7) is 8.44. The molecule has 1 fully saturated rings. The molecule has 4 N–H and O–H groups in total. The molecule has 0 aromatic carbocycles. The molecule has 0 atom stereocenters. The van der Waals surface area contributed by atoms with E-state index in [0.29, 0.717) is 12.0 Å². The Morgan fingerprint density at radius 1 is 1.28 bits per heavy atom. The zero-order chi connectivity index (χ0) is 14.0.